The minimum absolute atomic E-state index is 0.352. The number of rotatable bonds is 3. The Morgan fingerprint density at radius 1 is 1.04 bits per heavy atom. The lowest BCUT2D eigenvalue weighted by Gasteiger charge is -2.05. The second-order valence-electron chi connectivity index (χ2n) is 5.63. The van der Waals surface area contributed by atoms with Gasteiger partial charge >= 0.3 is 0 Å². The van der Waals surface area contributed by atoms with Crippen LogP contribution in [0.3, 0.4) is 0 Å². The van der Waals surface area contributed by atoms with Crippen LogP contribution in [-0.2, 0) is 0 Å². The zero-order valence-electron chi connectivity index (χ0n) is 13.5. The van der Waals surface area contributed by atoms with Crippen molar-refractivity contribution in [2.24, 2.45) is 10.2 Å². The molecule has 0 atom stereocenters. The summed E-state index contributed by atoms with van der Waals surface area (Å²) in [6, 6.07) is 9.75. The molecule has 0 unspecified atom stereocenters. The number of fused-ring (bicyclic) bond motifs is 1. The maximum atomic E-state index is 6.00. The summed E-state index contributed by atoms with van der Waals surface area (Å²) < 4.78 is 1.82. The third kappa shape index (κ3) is 2.94. The zero-order chi connectivity index (χ0) is 17.2. The molecule has 0 aliphatic heterocycles. The van der Waals surface area contributed by atoms with Crippen LogP contribution in [0.2, 0.25) is 0 Å². The summed E-state index contributed by atoms with van der Waals surface area (Å²) in [5, 5.41) is 10.5. The molecule has 0 saturated heterocycles. The highest BCUT2D eigenvalue weighted by atomic mass is 15.1. The van der Waals surface area contributed by atoms with E-state index in [2.05, 4.69) is 25.2 Å². The Kier molecular flexibility index (Phi) is 3.66. The molecule has 25 heavy (non-hydrogen) atoms. The molecule has 0 fully saturated rings. The van der Waals surface area contributed by atoms with Crippen molar-refractivity contribution in [3.8, 4) is 5.82 Å². The lowest BCUT2D eigenvalue weighted by atomic mass is 10.1. The van der Waals surface area contributed by atoms with E-state index in [0.29, 0.717) is 17.2 Å². The van der Waals surface area contributed by atoms with E-state index in [1.165, 1.54) is 0 Å². The van der Waals surface area contributed by atoms with Crippen LogP contribution in [0.1, 0.15) is 5.56 Å². The normalized spacial score (nSPS) is 11.4. The first-order valence-electron chi connectivity index (χ1n) is 7.72. The average molecular weight is 329 g/mol. The first-order valence-corrected chi connectivity index (χ1v) is 7.72. The Balaban J connectivity index is 1.69. The van der Waals surface area contributed by atoms with Crippen molar-refractivity contribution >= 4 is 28.0 Å². The summed E-state index contributed by atoms with van der Waals surface area (Å²) in [7, 11) is 0. The highest BCUT2D eigenvalue weighted by Gasteiger charge is 2.07. The van der Waals surface area contributed by atoms with E-state index >= 15 is 0 Å². The molecule has 0 saturated carbocycles. The van der Waals surface area contributed by atoms with Gasteiger partial charge in [-0.05, 0) is 25.1 Å². The fourth-order valence-corrected chi connectivity index (χ4v) is 2.52. The minimum atomic E-state index is 0.352. The number of hydrogen-bond acceptors (Lipinski definition) is 6. The maximum absolute atomic E-state index is 6.00. The Morgan fingerprint density at radius 2 is 1.96 bits per heavy atom. The molecule has 0 spiro atoms. The van der Waals surface area contributed by atoms with Gasteiger partial charge in [-0.2, -0.15) is 0 Å². The quantitative estimate of drug-likeness (QED) is 0.572. The van der Waals surface area contributed by atoms with Crippen molar-refractivity contribution < 1.29 is 0 Å². The number of benzene rings is 1. The van der Waals surface area contributed by atoms with Gasteiger partial charge in [-0.3, -0.25) is 4.57 Å². The smallest absolute Gasteiger partial charge is 0.151 e. The van der Waals surface area contributed by atoms with Gasteiger partial charge in [0.05, 0.1) is 6.20 Å². The molecule has 4 aromatic rings. The highest BCUT2D eigenvalue weighted by molar-refractivity contribution is 5.96. The Bertz CT molecular complexity index is 1050. The summed E-state index contributed by atoms with van der Waals surface area (Å²) in [6.07, 6.45) is 8.61. The molecule has 0 aliphatic carbocycles. The van der Waals surface area contributed by atoms with Gasteiger partial charge in [0.25, 0.3) is 0 Å². The first kappa shape index (κ1) is 14.9. The summed E-state index contributed by atoms with van der Waals surface area (Å²) in [5.74, 6) is 1.11. The number of pyridine rings is 2. The topological polar surface area (TPSA) is 94.3 Å². The van der Waals surface area contributed by atoms with E-state index in [1.54, 1.807) is 24.9 Å². The highest BCUT2D eigenvalue weighted by Crippen LogP contribution is 2.32. The first-order chi connectivity index (χ1) is 12.2. The summed E-state index contributed by atoms with van der Waals surface area (Å²) in [4.78, 5) is 12.6. The van der Waals surface area contributed by atoms with Crippen LogP contribution in [0.5, 0.6) is 0 Å². The summed E-state index contributed by atoms with van der Waals surface area (Å²) in [5.41, 5.74) is 8.33. The predicted octanol–water partition coefficient (Wildman–Crippen LogP) is 4.12. The number of aryl methyl sites for hydroxylation is 1. The van der Waals surface area contributed by atoms with Gasteiger partial charge in [0.15, 0.2) is 5.82 Å². The number of imidazole rings is 1. The largest absolute Gasteiger partial charge is 0.382 e. The molecular formula is C18H15N7. The van der Waals surface area contributed by atoms with E-state index < -0.39 is 0 Å². The number of hydrogen-bond donors (Lipinski definition) is 1. The van der Waals surface area contributed by atoms with Crippen molar-refractivity contribution in [3.05, 3.63) is 67.0 Å². The van der Waals surface area contributed by atoms with Crippen molar-refractivity contribution in [1.82, 2.24) is 19.5 Å². The number of azo groups is 1. The lowest BCUT2D eigenvalue weighted by molar-refractivity contribution is 0.990. The van der Waals surface area contributed by atoms with Gasteiger partial charge in [-0.15, -0.1) is 10.2 Å². The molecule has 7 heteroatoms. The van der Waals surface area contributed by atoms with Crippen LogP contribution in [0.25, 0.3) is 16.6 Å². The molecule has 1 aromatic carbocycles. The molecule has 3 aromatic heterocycles. The van der Waals surface area contributed by atoms with Gasteiger partial charge in [-0.1, -0.05) is 17.7 Å². The van der Waals surface area contributed by atoms with Gasteiger partial charge in [0, 0.05) is 29.4 Å². The SMILES string of the molecule is Cc1ccc2cnc(N)c(N=Nc3ccc(-n4ccnc4)nc3)c2c1. The second kappa shape index (κ2) is 6.12. The molecule has 0 radical (unpaired) electrons. The number of anilines is 1. The molecule has 0 bridgehead atoms. The van der Waals surface area contributed by atoms with Crippen LogP contribution in [-0.4, -0.2) is 19.5 Å². The second-order valence-corrected chi connectivity index (χ2v) is 5.63. The van der Waals surface area contributed by atoms with Gasteiger partial charge in [0.1, 0.15) is 23.5 Å². The van der Waals surface area contributed by atoms with Crippen molar-refractivity contribution in [3.63, 3.8) is 0 Å². The van der Waals surface area contributed by atoms with Crippen molar-refractivity contribution in [1.29, 1.82) is 0 Å². The molecule has 2 N–H and O–H groups in total. The molecule has 122 valence electrons. The predicted molar refractivity (Wildman–Crippen MR) is 96.4 cm³/mol. The molecule has 0 aliphatic rings. The van der Waals surface area contributed by atoms with Crippen LogP contribution >= 0.6 is 0 Å². The summed E-state index contributed by atoms with van der Waals surface area (Å²) in [6.45, 7) is 2.02. The van der Waals surface area contributed by atoms with Gasteiger partial charge in [-0.25, -0.2) is 15.0 Å². The summed E-state index contributed by atoms with van der Waals surface area (Å²) >= 11 is 0. The van der Waals surface area contributed by atoms with E-state index in [4.69, 9.17) is 5.73 Å². The van der Waals surface area contributed by atoms with Crippen LogP contribution in [0, 0.1) is 6.92 Å². The Hall–Kier alpha value is -3.61. The Morgan fingerprint density at radius 3 is 2.72 bits per heavy atom. The number of nitrogens with zero attached hydrogens (tertiary/aromatic N) is 6. The number of nitrogen functional groups attached to an aromatic ring is 1. The minimum Gasteiger partial charge on any atom is -0.382 e. The fraction of sp³-hybridized carbons (Fsp3) is 0.0556. The van der Waals surface area contributed by atoms with E-state index in [9.17, 15) is 0 Å². The lowest BCUT2D eigenvalue weighted by Crippen LogP contribution is -1.92. The molecule has 0 amide bonds. The van der Waals surface area contributed by atoms with Crippen LogP contribution in [0.15, 0.2) is 71.7 Å². The van der Waals surface area contributed by atoms with Crippen molar-refractivity contribution in [2.45, 2.75) is 6.92 Å². The number of nitrogens with two attached hydrogens (primary N) is 1. The third-order valence-electron chi connectivity index (χ3n) is 3.82. The molecule has 3 heterocycles. The maximum Gasteiger partial charge on any atom is 0.151 e. The van der Waals surface area contributed by atoms with E-state index in [0.717, 1.165) is 22.2 Å². The molecular weight excluding hydrogens is 314 g/mol. The molecule has 7 nitrogen and oxygen atoms in total. The van der Waals surface area contributed by atoms with Gasteiger partial charge < -0.3 is 5.73 Å². The zero-order valence-corrected chi connectivity index (χ0v) is 13.5. The third-order valence-corrected chi connectivity index (χ3v) is 3.82. The standard InChI is InChI=1S/C18H15N7/c1-12-2-3-13-9-22-18(19)17(15(13)8-12)24-23-14-4-5-16(21-10-14)25-7-6-20-11-25/h2-11H,1H3,(H2,19,22). The van der Waals surface area contributed by atoms with Crippen LogP contribution < -0.4 is 5.73 Å². The monoisotopic (exact) mass is 329 g/mol. The van der Waals surface area contributed by atoms with Gasteiger partial charge in [0.2, 0.25) is 0 Å². The van der Waals surface area contributed by atoms with E-state index in [1.807, 2.05) is 48.0 Å². The number of aromatic nitrogens is 4. The average Bonchev–Trinajstić information content (AvgIpc) is 3.16. The van der Waals surface area contributed by atoms with E-state index in [-0.39, 0.29) is 0 Å². The Labute approximate surface area is 143 Å². The molecule has 4 rings (SSSR count). The van der Waals surface area contributed by atoms with Crippen LogP contribution in [0.4, 0.5) is 17.2 Å². The fourth-order valence-electron chi connectivity index (χ4n) is 2.52. The van der Waals surface area contributed by atoms with Crippen molar-refractivity contribution in [2.75, 3.05) is 5.73 Å².